The Bertz CT molecular complexity index is 223. The monoisotopic (exact) mass is 185 g/mol. The van der Waals surface area contributed by atoms with Gasteiger partial charge in [0.2, 0.25) is 0 Å². The zero-order chi connectivity index (χ0) is 10.4. The Hall–Kier alpha value is -1.39. The maximum Gasteiger partial charge on any atom is 0.329 e. The van der Waals surface area contributed by atoms with Crippen molar-refractivity contribution in [3.8, 4) is 0 Å². The predicted molar refractivity (Wildman–Crippen MR) is 49.8 cm³/mol. The van der Waals surface area contributed by atoms with E-state index >= 15 is 0 Å². The second kappa shape index (κ2) is 5.29. The summed E-state index contributed by atoms with van der Waals surface area (Å²) >= 11 is 0. The lowest BCUT2D eigenvalue weighted by molar-refractivity contribution is -0.137. The van der Waals surface area contributed by atoms with Gasteiger partial charge >= 0.3 is 11.8 Å². The van der Waals surface area contributed by atoms with Crippen LogP contribution in [0.1, 0.15) is 20.8 Å². The first kappa shape index (κ1) is 11.6. The van der Waals surface area contributed by atoms with Crippen LogP contribution in [-0.2, 0) is 9.59 Å². The van der Waals surface area contributed by atoms with Crippen molar-refractivity contribution in [2.75, 3.05) is 0 Å². The first-order chi connectivity index (χ1) is 5.95. The standard InChI is InChI=1S/C8H15N3O2/c1-5(2)6(3)4-10-11-8(13)7(9)12/h4-6H,1-3H3,(H2,9,12)(H,11,13)/b10-4+/t6-/m0/s1. The third-order valence-corrected chi connectivity index (χ3v) is 1.75. The summed E-state index contributed by atoms with van der Waals surface area (Å²) < 4.78 is 0. The molecule has 3 N–H and O–H groups in total. The predicted octanol–water partition coefficient (Wildman–Crippen LogP) is -0.134. The molecule has 0 fully saturated rings. The molecule has 0 saturated carbocycles. The van der Waals surface area contributed by atoms with Gasteiger partial charge in [0.1, 0.15) is 0 Å². The molecule has 0 bridgehead atoms. The number of nitrogens with zero attached hydrogens (tertiary/aromatic N) is 1. The SMILES string of the molecule is CC(C)[C@@H](C)/C=N/NC(=O)C(N)=O. The normalized spacial score (nSPS) is 13.2. The van der Waals surface area contributed by atoms with Gasteiger partial charge in [0.15, 0.2) is 0 Å². The highest BCUT2D eigenvalue weighted by molar-refractivity contribution is 6.34. The van der Waals surface area contributed by atoms with E-state index in [0.717, 1.165) is 0 Å². The lowest BCUT2D eigenvalue weighted by Gasteiger charge is -2.08. The number of hydrazone groups is 1. The van der Waals surface area contributed by atoms with Gasteiger partial charge in [0.25, 0.3) is 0 Å². The molecular weight excluding hydrogens is 170 g/mol. The summed E-state index contributed by atoms with van der Waals surface area (Å²) in [7, 11) is 0. The summed E-state index contributed by atoms with van der Waals surface area (Å²) in [5.41, 5.74) is 6.71. The van der Waals surface area contributed by atoms with Crippen molar-refractivity contribution < 1.29 is 9.59 Å². The van der Waals surface area contributed by atoms with E-state index < -0.39 is 11.8 Å². The molecule has 0 unspecified atom stereocenters. The van der Waals surface area contributed by atoms with Gasteiger partial charge in [-0.15, -0.1) is 0 Å². The van der Waals surface area contributed by atoms with Crippen molar-refractivity contribution >= 4 is 18.0 Å². The van der Waals surface area contributed by atoms with Gasteiger partial charge in [-0.3, -0.25) is 9.59 Å². The van der Waals surface area contributed by atoms with Crippen LogP contribution in [0.15, 0.2) is 5.10 Å². The van der Waals surface area contributed by atoms with Crippen LogP contribution in [0.3, 0.4) is 0 Å². The molecule has 0 aromatic rings. The fourth-order valence-electron chi connectivity index (χ4n) is 0.441. The van der Waals surface area contributed by atoms with Gasteiger partial charge in [-0.2, -0.15) is 5.10 Å². The van der Waals surface area contributed by atoms with Crippen LogP contribution in [0.2, 0.25) is 0 Å². The van der Waals surface area contributed by atoms with Crippen molar-refractivity contribution in [2.45, 2.75) is 20.8 Å². The molecule has 5 nitrogen and oxygen atoms in total. The molecule has 2 amide bonds. The van der Waals surface area contributed by atoms with E-state index in [1.165, 1.54) is 0 Å². The Morgan fingerprint density at radius 1 is 1.38 bits per heavy atom. The number of primary amides is 1. The Morgan fingerprint density at radius 2 is 1.92 bits per heavy atom. The number of nitrogens with two attached hydrogens (primary N) is 1. The largest absolute Gasteiger partial charge is 0.361 e. The van der Waals surface area contributed by atoms with Gasteiger partial charge in [-0.05, 0) is 11.8 Å². The van der Waals surface area contributed by atoms with Gasteiger partial charge in [0.05, 0.1) is 0 Å². The Balaban J connectivity index is 3.88. The summed E-state index contributed by atoms with van der Waals surface area (Å²) in [6.45, 7) is 6.03. The second-order valence-electron chi connectivity index (χ2n) is 3.19. The summed E-state index contributed by atoms with van der Waals surface area (Å²) in [5, 5.41) is 3.59. The molecule has 0 saturated heterocycles. The Morgan fingerprint density at radius 3 is 2.31 bits per heavy atom. The van der Waals surface area contributed by atoms with Crippen molar-refractivity contribution in [2.24, 2.45) is 22.7 Å². The Kier molecular flexibility index (Phi) is 4.72. The molecule has 0 rings (SSSR count). The molecule has 74 valence electrons. The zero-order valence-electron chi connectivity index (χ0n) is 8.07. The molecule has 0 spiro atoms. The minimum absolute atomic E-state index is 0.244. The Labute approximate surface area is 77.4 Å². The molecule has 0 aliphatic rings. The van der Waals surface area contributed by atoms with E-state index in [4.69, 9.17) is 0 Å². The molecule has 0 heterocycles. The lowest BCUT2D eigenvalue weighted by Crippen LogP contribution is -2.33. The molecule has 0 aromatic carbocycles. The van der Waals surface area contributed by atoms with E-state index in [1.54, 1.807) is 6.21 Å². The minimum Gasteiger partial charge on any atom is -0.361 e. The third-order valence-electron chi connectivity index (χ3n) is 1.75. The fraction of sp³-hybridized carbons (Fsp3) is 0.625. The fourth-order valence-corrected chi connectivity index (χ4v) is 0.441. The highest BCUT2D eigenvalue weighted by Crippen LogP contribution is 2.05. The topological polar surface area (TPSA) is 84.6 Å². The van der Waals surface area contributed by atoms with E-state index in [2.05, 4.69) is 10.8 Å². The van der Waals surface area contributed by atoms with Crippen LogP contribution in [0.5, 0.6) is 0 Å². The summed E-state index contributed by atoms with van der Waals surface area (Å²) in [5.74, 6) is -1.25. The molecule has 1 atom stereocenters. The average Bonchev–Trinajstić information content (AvgIpc) is 2.03. The molecular formula is C8H15N3O2. The third kappa shape index (κ3) is 4.95. The van der Waals surface area contributed by atoms with Crippen LogP contribution in [0.25, 0.3) is 0 Å². The van der Waals surface area contributed by atoms with Crippen molar-refractivity contribution in [1.82, 2.24) is 5.43 Å². The zero-order valence-corrected chi connectivity index (χ0v) is 8.07. The van der Waals surface area contributed by atoms with Gasteiger partial charge < -0.3 is 5.73 Å². The summed E-state index contributed by atoms with van der Waals surface area (Å²) in [4.78, 5) is 20.8. The highest BCUT2D eigenvalue weighted by atomic mass is 16.2. The van der Waals surface area contributed by atoms with Crippen LogP contribution in [0, 0.1) is 11.8 Å². The van der Waals surface area contributed by atoms with Crippen LogP contribution >= 0.6 is 0 Å². The van der Waals surface area contributed by atoms with Crippen molar-refractivity contribution in [3.63, 3.8) is 0 Å². The maximum absolute atomic E-state index is 10.6. The van der Waals surface area contributed by atoms with E-state index in [-0.39, 0.29) is 5.92 Å². The second-order valence-corrected chi connectivity index (χ2v) is 3.19. The molecule has 0 aromatic heterocycles. The quantitative estimate of drug-likeness (QED) is 0.364. The highest BCUT2D eigenvalue weighted by Gasteiger charge is 2.06. The van der Waals surface area contributed by atoms with Crippen LogP contribution < -0.4 is 11.2 Å². The van der Waals surface area contributed by atoms with E-state index in [1.807, 2.05) is 26.2 Å². The number of nitrogens with one attached hydrogen (secondary N) is 1. The molecule has 13 heavy (non-hydrogen) atoms. The number of hydrogen-bond donors (Lipinski definition) is 2. The maximum atomic E-state index is 10.6. The van der Waals surface area contributed by atoms with Gasteiger partial charge in [-0.25, -0.2) is 5.43 Å². The average molecular weight is 185 g/mol. The molecule has 0 aliphatic heterocycles. The molecule has 0 aliphatic carbocycles. The summed E-state index contributed by atoms with van der Waals surface area (Å²) in [6, 6.07) is 0. The van der Waals surface area contributed by atoms with Crippen LogP contribution in [-0.4, -0.2) is 18.0 Å². The number of carbonyl (C=O) groups is 2. The smallest absolute Gasteiger partial charge is 0.329 e. The van der Waals surface area contributed by atoms with Crippen LogP contribution in [0.4, 0.5) is 0 Å². The summed E-state index contributed by atoms with van der Waals surface area (Å²) in [6.07, 6.45) is 1.57. The number of rotatable bonds is 3. The number of carbonyl (C=O) groups excluding carboxylic acids is 2. The number of amides is 2. The first-order valence-electron chi connectivity index (χ1n) is 4.08. The van der Waals surface area contributed by atoms with E-state index in [0.29, 0.717) is 5.92 Å². The first-order valence-corrected chi connectivity index (χ1v) is 4.08. The molecule has 0 radical (unpaired) electrons. The van der Waals surface area contributed by atoms with Gasteiger partial charge in [-0.1, -0.05) is 20.8 Å². The number of hydrogen-bond acceptors (Lipinski definition) is 3. The lowest BCUT2D eigenvalue weighted by atomic mass is 10.00. The van der Waals surface area contributed by atoms with Gasteiger partial charge in [0, 0.05) is 6.21 Å². The molecule has 5 heteroatoms. The van der Waals surface area contributed by atoms with Crippen molar-refractivity contribution in [3.05, 3.63) is 0 Å². The van der Waals surface area contributed by atoms with E-state index in [9.17, 15) is 9.59 Å². The van der Waals surface area contributed by atoms with Crippen molar-refractivity contribution in [1.29, 1.82) is 0 Å². The minimum atomic E-state index is -1.03.